The second kappa shape index (κ2) is 5.80. The molecule has 1 saturated carbocycles. The van der Waals surface area contributed by atoms with E-state index in [9.17, 15) is 0 Å². The van der Waals surface area contributed by atoms with E-state index in [1.54, 1.807) is 0 Å². The number of hydrogen-bond acceptors (Lipinski definition) is 3. The summed E-state index contributed by atoms with van der Waals surface area (Å²) in [5.41, 5.74) is 9.35. The minimum Gasteiger partial charge on any atom is -0.493 e. The van der Waals surface area contributed by atoms with Gasteiger partial charge in [0.25, 0.3) is 0 Å². The molecule has 1 aromatic heterocycles. The summed E-state index contributed by atoms with van der Waals surface area (Å²) in [7, 11) is 0. The van der Waals surface area contributed by atoms with E-state index in [1.807, 2.05) is 12.1 Å². The van der Waals surface area contributed by atoms with Gasteiger partial charge in [0, 0.05) is 11.3 Å². The number of H-pyrrole nitrogens is 1. The van der Waals surface area contributed by atoms with Gasteiger partial charge in [-0.2, -0.15) is 5.10 Å². The quantitative estimate of drug-likeness (QED) is 0.851. The first-order valence-corrected chi connectivity index (χ1v) is 7.69. The highest BCUT2D eigenvalue weighted by Gasteiger charge is 2.25. The van der Waals surface area contributed by atoms with Crippen LogP contribution in [0.4, 0.5) is 5.82 Å². The van der Waals surface area contributed by atoms with Crippen LogP contribution < -0.4 is 10.5 Å². The second-order valence-electron chi connectivity index (χ2n) is 6.34. The fraction of sp³-hybridized carbons (Fsp3) is 0.471. The average molecular weight is 285 g/mol. The predicted octanol–water partition coefficient (Wildman–Crippen LogP) is 3.65. The maximum atomic E-state index is 6.03. The van der Waals surface area contributed by atoms with Gasteiger partial charge in [-0.15, -0.1) is 0 Å². The SMILES string of the molecule is CC(C)COc1ccc(-c2c(N)n[nH]c2CC2CC2)cc1. The summed E-state index contributed by atoms with van der Waals surface area (Å²) in [6.45, 7) is 5.02. The van der Waals surface area contributed by atoms with Crippen molar-refractivity contribution in [3.8, 4) is 16.9 Å². The fourth-order valence-corrected chi connectivity index (χ4v) is 2.46. The first-order chi connectivity index (χ1) is 10.1. The number of hydrogen-bond donors (Lipinski definition) is 2. The van der Waals surface area contributed by atoms with Crippen molar-refractivity contribution >= 4 is 5.82 Å². The highest BCUT2D eigenvalue weighted by atomic mass is 16.5. The number of anilines is 1. The molecule has 1 heterocycles. The molecular formula is C17H23N3O. The molecule has 3 rings (SSSR count). The molecule has 112 valence electrons. The zero-order valence-corrected chi connectivity index (χ0v) is 12.7. The number of benzene rings is 1. The van der Waals surface area contributed by atoms with Crippen molar-refractivity contribution < 1.29 is 4.74 Å². The third-order valence-corrected chi connectivity index (χ3v) is 3.79. The van der Waals surface area contributed by atoms with Crippen molar-refractivity contribution in [2.24, 2.45) is 11.8 Å². The lowest BCUT2D eigenvalue weighted by Crippen LogP contribution is -2.04. The lowest BCUT2D eigenvalue weighted by atomic mass is 10.0. The average Bonchev–Trinajstić information content (AvgIpc) is 3.20. The van der Waals surface area contributed by atoms with Gasteiger partial charge in [-0.05, 0) is 48.8 Å². The van der Waals surface area contributed by atoms with Gasteiger partial charge in [0.2, 0.25) is 0 Å². The molecule has 0 aliphatic heterocycles. The van der Waals surface area contributed by atoms with Crippen molar-refractivity contribution in [1.82, 2.24) is 10.2 Å². The van der Waals surface area contributed by atoms with Crippen molar-refractivity contribution in [1.29, 1.82) is 0 Å². The molecule has 0 atom stereocenters. The number of nitrogens with zero attached hydrogens (tertiary/aromatic N) is 1. The smallest absolute Gasteiger partial charge is 0.153 e. The molecule has 0 amide bonds. The number of ether oxygens (including phenoxy) is 1. The van der Waals surface area contributed by atoms with Crippen LogP contribution >= 0.6 is 0 Å². The van der Waals surface area contributed by atoms with Gasteiger partial charge >= 0.3 is 0 Å². The molecule has 2 aromatic rings. The molecule has 4 heteroatoms. The van der Waals surface area contributed by atoms with Crippen molar-refractivity contribution in [2.45, 2.75) is 33.1 Å². The lowest BCUT2D eigenvalue weighted by Gasteiger charge is -2.09. The minimum absolute atomic E-state index is 0.527. The van der Waals surface area contributed by atoms with E-state index in [4.69, 9.17) is 10.5 Å². The summed E-state index contributed by atoms with van der Waals surface area (Å²) in [5.74, 6) is 2.82. The van der Waals surface area contributed by atoms with Gasteiger partial charge in [0.05, 0.1) is 6.61 Å². The molecule has 1 aliphatic rings. The summed E-state index contributed by atoms with van der Waals surface area (Å²) in [6.07, 6.45) is 3.69. The van der Waals surface area contributed by atoms with Gasteiger partial charge in [-0.1, -0.05) is 26.0 Å². The van der Waals surface area contributed by atoms with E-state index in [0.29, 0.717) is 11.7 Å². The van der Waals surface area contributed by atoms with Crippen molar-refractivity contribution in [3.05, 3.63) is 30.0 Å². The van der Waals surface area contributed by atoms with Gasteiger partial charge in [0.15, 0.2) is 5.82 Å². The van der Waals surface area contributed by atoms with E-state index in [-0.39, 0.29) is 0 Å². The van der Waals surface area contributed by atoms with Crippen LogP contribution in [0.15, 0.2) is 24.3 Å². The monoisotopic (exact) mass is 285 g/mol. The normalized spacial score (nSPS) is 14.6. The van der Waals surface area contributed by atoms with E-state index in [2.05, 4.69) is 36.2 Å². The Labute approximate surface area is 125 Å². The molecule has 0 bridgehead atoms. The largest absolute Gasteiger partial charge is 0.493 e. The molecule has 1 fully saturated rings. The van der Waals surface area contributed by atoms with Crippen LogP contribution in [0.25, 0.3) is 11.1 Å². The molecule has 0 unspecified atom stereocenters. The number of nitrogens with one attached hydrogen (secondary N) is 1. The molecule has 3 N–H and O–H groups in total. The first-order valence-electron chi connectivity index (χ1n) is 7.69. The Balaban J connectivity index is 1.78. The second-order valence-corrected chi connectivity index (χ2v) is 6.34. The fourth-order valence-electron chi connectivity index (χ4n) is 2.46. The zero-order chi connectivity index (χ0) is 14.8. The van der Waals surface area contributed by atoms with Gasteiger partial charge in [-0.25, -0.2) is 0 Å². The lowest BCUT2D eigenvalue weighted by molar-refractivity contribution is 0.271. The van der Waals surface area contributed by atoms with Crippen LogP contribution in [-0.2, 0) is 6.42 Å². The maximum absolute atomic E-state index is 6.03. The third-order valence-electron chi connectivity index (χ3n) is 3.79. The van der Waals surface area contributed by atoms with E-state index in [1.165, 1.54) is 12.8 Å². The van der Waals surface area contributed by atoms with Crippen LogP contribution in [-0.4, -0.2) is 16.8 Å². The topological polar surface area (TPSA) is 63.9 Å². The molecule has 1 aliphatic carbocycles. The van der Waals surface area contributed by atoms with Gasteiger partial charge in [0.1, 0.15) is 5.75 Å². The Hall–Kier alpha value is -1.97. The van der Waals surface area contributed by atoms with Gasteiger partial charge < -0.3 is 10.5 Å². The zero-order valence-electron chi connectivity index (χ0n) is 12.7. The summed E-state index contributed by atoms with van der Waals surface area (Å²) < 4.78 is 5.72. The Morgan fingerprint density at radius 1 is 1.29 bits per heavy atom. The Kier molecular flexibility index (Phi) is 3.86. The molecule has 0 spiro atoms. The van der Waals surface area contributed by atoms with Gasteiger partial charge in [-0.3, -0.25) is 5.10 Å². The summed E-state index contributed by atoms with van der Waals surface area (Å²) in [6, 6.07) is 8.14. The van der Waals surface area contributed by atoms with Crippen LogP contribution in [0.1, 0.15) is 32.4 Å². The maximum Gasteiger partial charge on any atom is 0.153 e. The number of nitrogen functional groups attached to an aromatic ring is 1. The molecule has 0 radical (unpaired) electrons. The molecule has 0 saturated heterocycles. The first kappa shape index (κ1) is 14.0. The third kappa shape index (κ3) is 3.38. The predicted molar refractivity (Wildman–Crippen MR) is 85.2 cm³/mol. The number of rotatable bonds is 6. The summed E-state index contributed by atoms with van der Waals surface area (Å²) in [4.78, 5) is 0. The minimum atomic E-state index is 0.527. The van der Waals surface area contributed by atoms with E-state index < -0.39 is 0 Å². The molecule has 4 nitrogen and oxygen atoms in total. The number of aromatic amines is 1. The highest BCUT2D eigenvalue weighted by molar-refractivity contribution is 5.76. The highest BCUT2D eigenvalue weighted by Crippen LogP contribution is 2.37. The van der Waals surface area contributed by atoms with Crippen LogP contribution in [0, 0.1) is 11.8 Å². The van der Waals surface area contributed by atoms with Crippen molar-refractivity contribution in [3.63, 3.8) is 0 Å². The molecule has 21 heavy (non-hydrogen) atoms. The summed E-state index contributed by atoms with van der Waals surface area (Å²) >= 11 is 0. The van der Waals surface area contributed by atoms with Crippen molar-refractivity contribution in [2.75, 3.05) is 12.3 Å². The van der Waals surface area contributed by atoms with Crippen LogP contribution in [0.5, 0.6) is 5.75 Å². The standard InChI is InChI=1S/C17H23N3O/c1-11(2)10-21-14-7-5-13(6-8-14)16-15(9-12-3-4-12)19-20-17(16)18/h5-8,11-12H,3-4,9-10H2,1-2H3,(H3,18,19,20). The number of aromatic nitrogens is 2. The Morgan fingerprint density at radius 3 is 2.62 bits per heavy atom. The molecular weight excluding hydrogens is 262 g/mol. The number of nitrogens with two attached hydrogens (primary N) is 1. The Morgan fingerprint density at radius 2 is 2.00 bits per heavy atom. The van der Waals surface area contributed by atoms with E-state index >= 15 is 0 Å². The molecule has 1 aromatic carbocycles. The van der Waals surface area contributed by atoms with E-state index in [0.717, 1.165) is 41.5 Å². The Bertz CT molecular complexity index is 597. The van der Waals surface area contributed by atoms with Crippen LogP contribution in [0.2, 0.25) is 0 Å². The summed E-state index contributed by atoms with van der Waals surface area (Å²) in [5, 5.41) is 7.27. The van der Waals surface area contributed by atoms with Crippen LogP contribution in [0.3, 0.4) is 0 Å².